The minimum Gasteiger partial charge on any atom is -0.255 e. The zero-order chi connectivity index (χ0) is 10.2. The summed E-state index contributed by atoms with van der Waals surface area (Å²) in [6.45, 7) is 2.16. The van der Waals surface area contributed by atoms with Crippen LogP contribution in [0.3, 0.4) is 0 Å². The zero-order valence-electron chi connectivity index (χ0n) is 8.65. The molecule has 0 saturated carbocycles. The second-order valence-electron chi connectivity index (χ2n) is 3.50. The fourth-order valence-electron chi connectivity index (χ4n) is 1.53. The molecule has 0 aliphatic heterocycles. The highest BCUT2D eigenvalue weighted by Crippen LogP contribution is 2.22. The third-order valence-electron chi connectivity index (χ3n) is 2.37. The highest BCUT2D eigenvalue weighted by atomic mass is 16.6. The summed E-state index contributed by atoms with van der Waals surface area (Å²) in [4.78, 5) is 4.48. The van der Waals surface area contributed by atoms with Gasteiger partial charge in [0, 0.05) is 5.90 Å². The number of benzene rings is 1. The van der Waals surface area contributed by atoms with E-state index in [9.17, 15) is 0 Å². The number of hydrogen-bond acceptors (Lipinski definition) is 1. The van der Waals surface area contributed by atoms with Crippen LogP contribution in [0.15, 0.2) is 30.3 Å². The Morgan fingerprint density at radius 3 is 2.50 bits per heavy atom. The van der Waals surface area contributed by atoms with Gasteiger partial charge in [0.1, 0.15) is 6.10 Å². The highest BCUT2D eigenvalue weighted by molar-refractivity contribution is 5.17. The highest BCUT2D eigenvalue weighted by Gasteiger charge is 2.10. The summed E-state index contributed by atoms with van der Waals surface area (Å²) >= 11 is 0. The SMILES string of the molecule is CCCCCC(O[N])c1ccccc1. The van der Waals surface area contributed by atoms with Gasteiger partial charge in [-0.05, 0) is 12.0 Å². The van der Waals surface area contributed by atoms with Gasteiger partial charge in [-0.15, -0.1) is 0 Å². The molecule has 0 saturated heterocycles. The minimum atomic E-state index is -0.164. The molecule has 0 bridgehead atoms. The molecular weight excluding hydrogens is 174 g/mol. The van der Waals surface area contributed by atoms with E-state index < -0.39 is 0 Å². The second kappa shape index (κ2) is 6.57. The van der Waals surface area contributed by atoms with Crippen molar-refractivity contribution < 1.29 is 4.84 Å². The van der Waals surface area contributed by atoms with Crippen LogP contribution in [0, 0.1) is 0 Å². The molecule has 76 valence electrons. The molecule has 1 unspecified atom stereocenters. The van der Waals surface area contributed by atoms with E-state index in [1.807, 2.05) is 30.3 Å². The first-order valence-electron chi connectivity index (χ1n) is 5.23. The normalized spacial score (nSPS) is 12.7. The van der Waals surface area contributed by atoms with Gasteiger partial charge < -0.3 is 0 Å². The lowest BCUT2D eigenvalue weighted by atomic mass is 10.0. The van der Waals surface area contributed by atoms with Gasteiger partial charge in [-0.2, -0.15) is 0 Å². The van der Waals surface area contributed by atoms with E-state index >= 15 is 0 Å². The Morgan fingerprint density at radius 1 is 1.21 bits per heavy atom. The molecule has 1 rings (SSSR count). The summed E-state index contributed by atoms with van der Waals surface area (Å²) < 4.78 is 0. The van der Waals surface area contributed by atoms with E-state index in [4.69, 9.17) is 5.90 Å². The van der Waals surface area contributed by atoms with Crippen LogP contribution in [0.2, 0.25) is 0 Å². The first kappa shape index (κ1) is 11.2. The summed E-state index contributed by atoms with van der Waals surface area (Å²) in [6.07, 6.45) is 4.19. The number of rotatable bonds is 6. The second-order valence-corrected chi connectivity index (χ2v) is 3.50. The molecule has 0 aliphatic rings. The van der Waals surface area contributed by atoms with Crippen molar-refractivity contribution in [1.82, 2.24) is 5.90 Å². The van der Waals surface area contributed by atoms with E-state index in [2.05, 4.69) is 11.8 Å². The number of nitrogens with zero attached hydrogens (tertiary/aromatic N) is 1. The van der Waals surface area contributed by atoms with Crippen LogP contribution in [0.1, 0.15) is 44.3 Å². The van der Waals surface area contributed by atoms with Gasteiger partial charge in [0.15, 0.2) is 0 Å². The number of unbranched alkanes of at least 4 members (excludes halogenated alkanes) is 2. The quantitative estimate of drug-likeness (QED) is 0.501. The summed E-state index contributed by atoms with van der Waals surface area (Å²) in [7, 11) is 0. The van der Waals surface area contributed by atoms with E-state index in [0.29, 0.717) is 0 Å². The van der Waals surface area contributed by atoms with E-state index in [1.54, 1.807) is 0 Å². The molecule has 2 nitrogen and oxygen atoms in total. The fraction of sp³-hybridized carbons (Fsp3) is 0.500. The Labute approximate surface area is 86.0 Å². The standard InChI is InChI=1S/C12H17NO/c1-2-3-5-10-12(14-13)11-8-6-4-7-9-11/h4,6-9,12H,2-3,5,10H2,1H3. The van der Waals surface area contributed by atoms with Gasteiger partial charge in [0.05, 0.1) is 0 Å². The lowest BCUT2D eigenvalue weighted by Crippen LogP contribution is -2.02. The molecule has 0 aliphatic carbocycles. The molecule has 0 fully saturated rings. The molecule has 1 aromatic rings. The summed E-state index contributed by atoms with van der Waals surface area (Å²) in [5.41, 5.74) is 1.05. The van der Waals surface area contributed by atoms with Crippen LogP contribution in [0.5, 0.6) is 0 Å². The monoisotopic (exact) mass is 191 g/mol. The van der Waals surface area contributed by atoms with Crippen molar-refractivity contribution in [3.05, 3.63) is 35.9 Å². The zero-order valence-corrected chi connectivity index (χ0v) is 8.65. The van der Waals surface area contributed by atoms with Crippen LogP contribution in [0.25, 0.3) is 0 Å². The summed E-state index contributed by atoms with van der Waals surface area (Å²) in [6, 6.07) is 9.84. The van der Waals surface area contributed by atoms with Gasteiger partial charge in [-0.25, -0.2) is 0 Å². The van der Waals surface area contributed by atoms with Crippen LogP contribution in [-0.4, -0.2) is 0 Å². The molecule has 0 spiro atoms. The lowest BCUT2D eigenvalue weighted by molar-refractivity contribution is 0.0287. The topological polar surface area (TPSA) is 31.5 Å². The third kappa shape index (κ3) is 3.48. The van der Waals surface area contributed by atoms with Gasteiger partial charge in [-0.1, -0.05) is 56.5 Å². The molecule has 0 amide bonds. The molecule has 2 heteroatoms. The van der Waals surface area contributed by atoms with Crippen LogP contribution in [-0.2, 0) is 4.84 Å². The maximum Gasteiger partial charge on any atom is 0.108 e. The molecule has 1 aromatic carbocycles. The average Bonchev–Trinajstić information content (AvgIpc) is 2.26. The fourth-order valence-corrected chi connectivity index (χ4v) is 1.53. The molecule has 2 radical (unpaired) electrons. The van der Waals surface area contributed by atoms with Crippen molar-refractivity contribution in [2.45, 2.75) is 38.7 Å². The first-order chi connectivity index (χ1) is 6.88. The van der Waals surface area contributed by atoms with Gasteiger partial charge in [0.2, 0.25) is 0 Å². The van der Waals surface area contributed by atoms with E-state index in [1.165, 1.54) is 12.8 Å². The minimum absolute atomic E-state index is 0.164. The van der Waals surface area contributed by atoms with Crippen molar-refractivity contribution in [3.63, 3.8) is 0 Å². The smallest absolute Gasteiger partial charge is 0.108 e. The van der Waals surface area contributed by atoms with Crippen LogP contribution < -0.4 is 5.90 Å². The predicted octanol–water partition coefficient (Wildman–Crippen LogP) is 3.31. The summed E-state index contributed by atoms with van der Waals surface area (Å²) in [5, 5.41) is 0. The molecule has 0 N–H and O–H groups in total. The Hall–Kier alpha value is -0.860. The Balaban J connectivity index is 2.46. The third-order valence-corrected chi connectivity index (χ3v) is 2.37. The lowest BCUT2D eigenvalue weighted by Gasteiger charge is -2.12. The van der Waals surface area contributed by atoms with Gasteiger partial charge >= 0.3 is 0 Å². The Bertz CT molecular complexity index is 235. The largest absolute Gasteiger partial charge is 0.255 e. The maximum atomic E-state index is 8.78. The van der Waals surface area contributed by atoms with Gasteiger partial charge in [-0.3, -0.25) is 4.84 Å². The van der Waals surface area contributed by atoms with Crippen molar-refractivity contribution in [1.29, 1.82) is 0 Å². The molecule has 0 heterocycles. The average molecular weight is 191 g/mol. The molecular formula is C12H17NO. The van der Waals surface area contributed by atoms with E-state index in [-0.39, 0.29) is 6.10 Å². The summed E-state index contributed by atoms with van der Waals surface area (Å²) in [5.74, 6) is 8.78. The van der Waals surface area contributed by atoms with E-state index in [0.717, 1.165) is 18.4 Å². The van der Waals surface area contributed by atoms with Crippen molar-refractivity contribution in [2.75, 3.05) is 0 Å². The number of hydrogen-bond donors (Lipinski definition) is 0. The predicted molar refractivity (Wildman–Crippen MR) is 56.5 cm³/mol. The Kier molecular flexibility index (Phi) is 5.27. The van der Waals surface area contributed by atoms with Crippen molar-refractivity contribution in [2.24, 2.45) is 0 Å². The van der Waals surface area contributed by atoms with Crippen LogP contribution in [0.4, 0.5) is 0 Å². The maximum absolute atomic E-state index is 8.78. The van der Waals surface area contributed by atoms with Gasteiger partial charge in [0.25, 0.3) is 0 Å². The van der Waals surface area contributed by atoms with Crippen molar-refractivity contribution in [3.8, 4) is 0 Å². The molecule has 14 heavy (non-hydrogen) atoms. The molecule has 1 atom stereocenters. The Morgan fingerprint density at radius 2 is 1.93 bits per heavy atom. The molecule has 0 aromatic heterocycles. The van der Waals surface area contributed by atoms with Crippen molar-refractivity contribution >= 4 is 0 Å². The first-order valence-corrected chi connectivity index (χ1v) is 5.23. The van der Waals surface area contributed by atoms with Crippen LogP contribution >= 0.6 is 0 Å².